The zero-order chi connectivity index (χ0) is 23.0. The standard InChI is InChI=1S/C26H36N2O4/c27-18-8-1-2-9-19-32-23-16-14-22(15-17-23)20-24(26(30)31)28-25(29)13-7-6-12-21-10-4-3-5-11-21/h3-5,10-11,14-17,24H,1-2,6-9,12-13,18-20,27H2,(H,28,29)(H,30,31). The van der Waals surface area contributed by atoms with E-state index in [0.29, 0.717) is 13.0 Å². The lowest BCUT2D eigenvalue weighted by molar-refractivity contribution is -0.141. The first-order chi connectivity index (χ1) is 15.6. The van der Waals surface area contributed by atoms with E-state index in [1.54, 1.807) is 0 Å². The number of aliphatic carboxylic acids is 1. The summed E-state index contributed by atoms with van der Waals surface area (Å²) in [7, 11) is 0. The molecular formula is C26H36N2O4. The lowest BCUT2D eigenvalue weighted by Crippen LogP contribution is -2.42. The fourth-order valence-corrected chi connectivity index (χ4v) is 3.47. The Labute approximate surface area is 191 Å². The van der Waals surface area contributed by atoms with E-state index in [1.165, 1.54) is 5.56 Å². The number of aryl methyl sites for hydroxylation is 1. The number of hydrogen-bond acceptors (Lipinski definition) is 4. The van der Waals surface area contributed by atoms with Crippen molar-refractivity contribution in [2.45, 2.75) is 63.8 Å². The second-order valence-electron chi connectivity index (χ2n) is 8.05. The lowest BCUT2D eigenvalue weighted by atomic mass is 10.0. The molecule has 1 atom stereocenters. The number of carbonyl (C=O) groups is 2. The first-order valence-corrected chi connectivity index (χ1v) is 11.6. The van der Waals surface area contributed by atoms with Crippen molar-refractivity contribution in [2.75, 3.05) is 13.2 Å². The minimum absolute atomic E-state index is 0.222. The average Bonchev–Trinajstić information content (AvgIpc) is 2.80. The van der Waals surface area contributed by atoms with Gasteiger partial charge in [0, 0.05) is 12.8 Å². The maximum absolute atomic E-state index is 12.2. The highest BCUT2D eigenvalue weighted by atomic mass is 16.5. The fraction of sp³-hybridized carbons (Fsp3) is 0.462. The highest BCUT2D eigenvalue weighted by molar-refractivity contribution is 5.83. The minimum Gasteiger partial charge on any atom is -0.494 e. The Bertz CT molecular complexity index is 793. The Balaban J connectivity index is 1.70. The summed E-state index contributed by atoms with van der Waals surface area (Å²) in [5, 5.41) is 12.2. The summed E-state index contributed by atoms with van der Waals surface area (Å²) in [4.78, 5) is 23.8. The molecule has 0 saturated carbocycles. The summed E-state index contributed by atoms with van der Waals surface area (Å²) in [5.41, 5.74) is 7.57. The maximum Gasteiger partial charge on any atom is 0.326 e. The third-order valence-corrected chi connectivity index (χ3v) is 5.33. The quantitative estimate of drug-likeness (QED) is 0.341. The number of rotatable bonds is 16. The van der Waals surface area contributed by atoms with Crippen LogP contribution in [0.2, 0.25) is 0 Å². The number of amides is 1. The molecule has 0 aromatic heterocycles. The number of nitrogens with one attached hydrogen (secondary N) is 1. The molecule has 2 aromatic carbocycles. The van der Waals surface area contributed by atoms with Gasteiger partial charge in [-0.15, -0.1) is 0 Å². The molecule has 0 saturated heterocycles. The Hall–Kier alpha value is -2.86. The van der Waals surface area contributed by atoms with Crippen LogP contribution in [0.4, 0.5) is 0 Å². The third kappa shape index (κ3) is 10.4. The van der Waals surface area contributed by atoms with Crippen LogP contribution in [0.3, 0.4) is 0 Å². The molecule has 2 aromatic rings. The van der Waals surface area contributed by atoms with E-state index in [4.69, 9.17) is 10.5 Å². The topological polar surface area (TPSA) is 102 Å². The van der Waals surface area contributed by atoms with Gasteiger partial charge in [0.2, 0.25) is 5.91 Å². The number of carboxylic acids is 1. The van der Waals surface area contributed by atoms with Gasteiger partial charge >= 0.3 is 5.97 Å². The SMILES string of the molecule is NCCCCCCOc1ccc(CC(NC(=O)CCCCc2ccccc2)C(=O)O)cc1. The molecule has 0 spiro atoms. The van der Waals surface area contributed by atoms with Gasteiger partial charge < -0.3 is 20.9 Å². The van der Waals surface area contributed by atoms with Crippen molar-refractivity contribution in [3.8, 4) is 5.75 Å². The van der Waals surface area contributed by atoms with Gasteiger partial charge in [-0.1, -0.05) is 55.3 Å². The molecule has 0 aliphatic heterocycles. The van der Waals surface area contributed by atoms with Crippen LogP contribution in [0.1, 0.15) is 56.1 Å². The van der Waals surface area contributed by atoms with E-state index in [1.807, 2.05) is 42.5 Å². The Morgan fingerprint density at radius 2 is 1.59 bits per heavy atom. The van der Waals surface area contributed by atoms with Gasteiger partial charge in [-0.3, -0.25) is 4.79 Å². The van der Waals surface area contributed by atoms with Gasteiger partial charge in [0.15, 0.2) is 0 Å². The van der Waals surface area contributed by atoms with Crippen LogP contribution in [-0.4, -0.2) is 36.2 Å². The second-order valence-corrected chi connectivity index (χ2v) is 8.05. The zero-order valence-electron chi connectivity index (χ0n) is 18.8. The predicted octanol–water partition coefficient (Wildman–Crippen LogP) is 4.11. The molecule has 0 aliphatic rings. The Morgan fingerprint density at radius 3 is 2.28 bits per heavy atom. The first kappa shape index (κ1) is 25.4. The highest BCUT2D eigenvalue weighted by Gasteiger charge is 2.20. The van der Waals surface area contributed by atoms with Gasteiger partial charge in [0.1, 0.15) is 11.8 Å². The summed E-state index contributed by atoms with van der Waals surface area (Å²) in [6.45, 7) is 1.39. The molecule has 174 valence electrons. The number of carboxylic acid groups (broad SMARTS) is 1. The van der Waals surface area contributed by atoms with Gasteiger partial charge in [0.05, 0.1) is 6.61 Å². The molecule has 4 N–H and O–H groups in total. The van der Waals surface area contributed by atoms with Gasteiger partial charge in [-0.05, 0) is 61.9 Å². The second kappa shape index (κ2) is 15.0. The van der Waals surface area contributed by atoms with Crippen LogP contribution in [0, 0.1) is 0 Å². The molecular weight excluding hydrogens is 404 g/mol. The van der Waals surface area contributed by atoms with E-state index in [2.05, 4.69) is 17.4 Å². The molecule has 0 heterocycles. The monoisotopic (exact) mass is 440 g/mol. The van der Waals surface area contributed by atoms with Crippen LogP contribution in [0.5, 0.6) is 5.75 Å². The van der Waals surface area contributed by atoms with Crippen molar-refractivity contribution in [2.24, 2.45) is 5.73 Å². The number of ether oxygens (including phenoxy) is 1. The molecule has 1 amide bonds. The van der Waals surface area contributed by atoms with Gasteiger partial charge in [-0.2, -0.15) is 0 Å². The number of unbranched alkanes of at least 4 members (excludes halogenated alkanes) is 4. The maximum atomic E-state index is 12.2. The minimum atomic E-state index is -1.03. The summed E-state index contributed by atoms with van der Waals surface area (Å²) in [6.07, 6.45) is 7.35. The normalized spacial score (nSPS) is 11.7. The van der Waals surface area contributed by atoms with Crippen molar-refractivity contribution < 1.29 is 19.4 Å². The summed E-state index contributed by atoms with van der Waals surface area (Å²) < 4.78 is 5.73. The number of nitrogens with two attached hydrogens (primary N) is 1. The van der Waals surface area contributed by atoms with Crippen molar-refractivity contribution >= 4 is 11.9 Å². The molecule has 32 heavy (non-hydrogen) atoms. The molecule has 0 aliphatic carbocycles. The Morgan fingerprint density at radius 1 is 0.875 bits per heavy atom. The summed E-state index contributed by atoms with van der Waals surface area (Å²) in [5.74, 6) is -0.484. The molecule has 2 rings (SSSR count). The zero-order valence-corrected chi connectivity index (χ0v) is 18.8. The van der Waals surface area contributed by atoms with Crippen LogP contribution in [0.25, 0.3) is 0 Å². The van der Waals surface area contributed by atoms with Crippen molar-refractivity contribution in [1.82, 2.24) is 5.32 Å². The third-order valence-electron chi connectivity index (χ3n) is 5.33. The van der Waals surface area contributed by atoms with E-state index >= 15 is 0 Å². The lowest BCUT2D eigenvalue weighted by Gasteiger charge is -2.15. The summed E-state index contributed by atoms with van der Waals surface area (Å²) >= 11 is 0. The molecule has 6 heteroatoms. The largest absolute Gasteiger partial charge is 0.494 e. The Kier molecular flexibility index (Phi) is 11.9. The van der Waals surface area contributed by atoms with E-state index in [0.717, 1.165) is 62.8 Å². The van der Waals surface area contributed by atoms with Crippen LogP contribution in [-0.2, 0) is 22.4 Å². The van der Waals surface area contributed by atoms with Crippen molar-refractivity contribution in [3.05, 3.63) is 65.7 Å². The average molecular weight is 441 g/mol. The molecule has 6 nitrogen and oxygen atoms in total. The van der Waals surface area contributed by atoms with Crippen LogP contribution < -0.4 is 15.8 Å². The fourth-order valence-electron chi connectivity index (χ4n) is 3.47. The number of benzene rings is 2. The summed E-state index contributed by atoms with van der Waals surface area (Å²) in [6, 6.07) is 16.6. The molecule has 1 unspecified atom stereocenters. The number of hydrogen-bond donors (Lipinski definition) is 3. The van der Waals surface area contributed by atoms with Crippen LogP contribution >= 0.6 is 0 Å². The number of carbonyl (C=O) groups excluding carboxylic acids is 1. The van der Waals surface area contributed by atoms with E-state index < -0.39 is 12.0 Å². The van der Waals surface area contributed by atoms with E-state index in [-0.39, 0.29) is 12.3 Å². The molecule has 0 bridgehead atoms. The van der Waals surface area contributed by atoms with Gasteiger partial charge in [0.25, 0.3) is 0 Å². The molecule has 0 fully saturated rings. The predicted molar refractivity (Wildman–Crippen MR) is 127 cm³/mol. The van der Waals surface area contributed by atoms with Gasteiger partial charge in [-0.25, -0.2) is 4.79 Å². The highest BCUT2D eigenvalue weighted by Crippen LogP contribution is 2.15. The molecule has 0 radical (unpaired) electrons. The first-order valence-electron chi connectivity index (χ1n) is 11.6. The van der Waals surface area contributed by atoms with E-state index in [9.17, 15) is 14.7 Å². The van der Waals surface area contributed by atoms with Crippen molar-refractivity contribution in [1.29, 1.82) is 0 Å². The van der Waals surface area contributed by atoms with Crippen molar-refractivity contribution in [3.63, 3.8) is 0 Å². The smallest absolute Gasteiger partial charge is 0.326 e. The van der Waals surface area contributed by atoms with Crippen LogP contribution in [0.15, 0.2) is 54.6 Å².